The minimum Gasteiger partial charge on any atom is -0.288 e. The van der Waals surface area contributed by atoms with Gasteiger partial charge in [0.1, 0.15) is 0 Å². The molecular weight excluding hydrogens is 1280 g/mol. The minimum atomic E-state index is -0.111. The van der Waals surface area contributed by atoms with Gasteiger partial charge in [-0.1, -0.05) is 287 Å². The van der Waals surface area contributed by atoms with Gasteiger partial charge in [-0.15, -0.1) is 0 Å². The number of unbranched alkanes of at least 4 members (excludes halogenated alkanes) is 6. The maximum Gasteiger partial charge on any atom is 0.196 e. The number of ketones is 2. The maximum absolute atomic E-state index is 16.3. The zero-order valence-corrected chi connectivity index (χ0v) is 63.1. The fourth-order valence-corrected chi connectivity index (χ4v) is 20.4. The van der Waals surface area contributed by atoms with Crippen molar-refractivity contribution in [3.05, 3.63) is 239 Å². The lowest BCUT2D eigenvalue weighted by atomic mass is 9.77. The number of hydrogen-bond donors (Lipinski definition) is 0. The van der Waals surface area contributed by atoms with Gasteiger partial charge in [0.15, 0.2) is 11.6 Å². The third kappa shape index (κ3) is 17.6. The van der Waals surface area contributed by atoms with E-state index in [0.717, 1.165) is 56.9 Å². The zero-order valence-electron chi connectivity index (χ0n) is 59.9. The van der Waals surface area contributed by atoms with Crippen molar-refractivity contribution >= 4 is 58.6 Å². The van der Waals surface area contributed by atoms with Crippen LogP contribution in [0.5, 0.6) is 0 Å². The van der Waals surface area contributed by atoms with Crippen LogP contribution < -0.4 is 0 Å². The molecule has 9 aromatic rings. The maximum atomic E-state index is 16.3. The molecule has 4 aliphatic carbocycles. The number of carbonyl (C=O) groups is 2. The Morgan fingerprint density at radius 3 is 0.727 bits per heavy atom. The van der Waals surface area contributed by atoms with Gasteiger partial charge < -0.3 is 0 Å². The number of hydrogen-bond acceptors (Lipinski definition) is 6. The first-order valence-corrected chi connectivity index (χ1v) is 41.5. The highest BCUT2D eigenvalue weighted by Crippen LogP contribution is 2.50. The molecular formula is C93H104O2S4. The zero-order chi connectivity index (χ0) is 68.2. The highest BCUT2D eigenvalue weighted by Gasteiger charge is 2.39. The molecule has 0 spiro atoms. The van der Waals surface area contributed by atoms with Crippen LogP contribution in [0.2, 0.25) is 0 Å². The molecule has 0 N–H and O–H groups in total. The average Bonchev–Trinajstić information content (AvgIpc) is 0.724. The van der Waals surface area contributed by atoms with E-state index in [-0.39, 0.29) is 17.0 Å². The van der Waals surface area contributed by atoms with Gasteiger partial charge in [0.25, 0.3) is 0 Å². The van der Waals surface area contributed by atoms with Crippen LogP contribution in [-0.4, -0.2) is 11.6 Å². The van der Waals surface area contributed by atoms with Crippen molar-refractivity contribution in [2.75, 3.05) is 0 Å². The van der Waals surface area contributed by atoms with E-state index in [1.807, 2.05) is 0 Å². The van der Waals surface area contributed by atoms with E-state index in [1.165, 1.54) is 210 Å². The van der Waals surface area contributed by atoms with E-state index in [2.05, 4.69) is 236 Å². The van der Waals surface area contributed by atoms with Crippen molar-refractivity contribution in [2.45, 2.75) is 258 Å². The molecule has 4 aliphatic rings. The Morgan fingerprint density at radius 2 is 0.505 bits per heavy atom. The standard InChI is InChI=1S/C93H104O2S4/c1-7-10-13-16-63-19-25-66(26-20-63)69-31-37-72(38-32-69)75-43-51-79(52-44-75)96-83-59-60-84(97-80-53-45-76(46-54-80)73-39-33-70(34-40-73)67-27-21-64(22-28-67)17-14-11-8-2)88-87(83)91(94)89-85(61-62-86(90(89)92(88)95)99-82-57-49-78(50-58-82)93(4,5)6)98-81-55-47-77(48-56-81)74-41-35-71(36-42-74)68-29-23-65(24-30-68)18-15-12-9-3/h31-68H,7-30H2,1-6H3. The predicted octanol–water partition coefficient (Wildman–Crippen LogP) is 28.9. The summed E-state index contributed by atoms with van der Waals surface area (Å²) in [6.07, 6.45) is 32.2. The highest BCUT2D eigenvalue weighted by atomic mass is 32.2. The van der Waals surface area contributed by atoms with Crippen LogP contribution in [0, 0.1) is 17.8 Å². The van der Waals surface area contributed by atoms with Crippen LogP contribution in [0.1, 0.15) is 267 Å². The van der Waals surface area contributed by atoms with Crippen LogP contribution in [0.25, 0.3) is 33.4 Å². The number of rotatable bonds is 26. The molecule has 9 aromatic carbocycles. The van der Waals surface area contributed by atoms with Crippen molar-refractivity contribution in [1.82, 2.24) is 0 Å². The Labute approximate surface area is 611 Å². The third-order valence-corrected chi connectivity index (χ3v) is 27.0. The molecule has 99 heavy (non-hydrogen) atoms. The van der Waals surface area contributed by atoms with Gasteiger partial charge in [0.05, 0.1) is 0 Å². The second kappa shape index (κ2) is 33.7. The van der Waals surface area contributed by atoms with Crippen molar-refractivity contribution in [2.24, 2.45) is 17.8 Å². The van der Waals surface area contributed by atoms with Crippen LogP contribution >= 0.6 is 47.0 Å². The summed E-state index contributed by atoms with van der Waals surface area (Å²) in [6, 6.07) is 71.5. The molecule has 0 bridgehead atoms. The van der Waals surface area contributed by atoms with Crippen molar-refractivity contribution in [1.29, 1.82) is 0 Å². The summed E-state index contributed by atoms with van der Waals surface area (Å²) in [6.45, 7) is 13.6. The van der Waals surface area contributed by atoms with Gasteiger partial charge in [-0.25, -0.2) is 0 Å². The van der Waals surface area contributed by atoms with Crippen LogP contribution in [0.15, 0.2) is 233 Å². The first-order chi connectivity index (χ1) is 48.4. The van der Waals surface area contributed by atoms with E-state index < -0.39 is 0 Å². The van der Waals surface area contributed by atoms with E-state index in [0.29, 0.717) is 40.0 Å². The van der Waals surface area contributed by atoms with Crippen LogP contribution in [0.3, 0.4) is 0 Å². The lowest BCUT2D eigenvalue weighted by molar-refractivity contribution is 0.0970. The fraction of sp³-hybridized carbons (Fsp3) is 0.398. The molecule has 3 saturated carbocycles. The molecule has 0 unspecified atom stereocenters. The summed E-state index contributed by atoms with van der Waals surface area (Å²) < 4.78 is 0. The van der Waals surface area contributed by atoms with Crippen molar-refractivity contribution < 1.29 is 9.59 Å². The smallest absolute Gasteiger partial charge is 0.196 e. The second-order valence-corrected chi connectivity index (χ2v) is 35.0. The van der Waals surface area contributed by atoms with Gasteiger partial charge in [0, 0.05) is 61.4 Å². The first kappa shape index (κ1) is 71.1. The highest BCUT2D eigenvalue weighted by molar-refractivity contribution is 8.00. The Balaban J connectivity index is 0.794. The molecule has 0 radical (unpaired) electrons. The Kier molecular flexibility index (Phi) is 24.2. The topological polar surface area (TPSA) is 34.1 Å². The Bertz CT molecular complexity index is 4120. The molecule has 13 rings (SSSR count). The SMILES string of the molecule is CCCCCC1CCC(c2ccc(-c3ccc(Sc4ccc(Sc5ccc(-c6ccc(C7CCC(CCCCC)CC7)cc6)cc5)c5c4C(=O)c4c(Sc6ccc(-c7ccc(C8CCC(CCCCC)CC8)cc7)cc6)ccc(Sc6ccc(C(C)(C)C)cc6)c4C5=O)cc3)cc2)CC1. The molecule has 6 heteroatoms. The Morgan fingerprint density at radius 1 is 0.283 bits per heavy atom. The second-order valence-electron chi connectivity index (χ2n) is 30.5. The largest absolute Gasteiger partial charge is 0.288 e. The van der Waals surface area contributed by atoms with E-state index >= 15 is 9.59 Å². The monoisotopic (exact) mass is 1380 g/mol. The molecule has 0 atom stereocenters. The van der Waals surface area contributed by atoms with Gasteiger partial charge >= 0.3 is 0 Å². The van der Waals surface area contributed by atoms with Crippen LogP contribution in [-0.2, 0) is 5.41 Å². The molecule has 0 aliphatic heterocycles. The lowest BCUT2D eigenvalue weighted by Gasteiger charge is -2.29. The number of carbonyl (C=O) groups excluding carboxylic acids is 2. The summed E-state index contributed by atoms with van der Waals surface area (Å²) in [5, 5.41) is 0. The lowest BCUT2D eigenvalue weighted by Crippen LogP contribution is -2.24. The molecule has 0 saturated heterocycles. The average molecular weight is 1380 g/mol. The van der Waals surface area contributed by atoms with E-state index in [4.69, 9.17) is 0 Å². The summed E-state index contributed by atoms with van der Waals surface area (Å²) in [5.41, 5.74) is 14.7. The minimum absolute atomic E-state index is 0.00924. The number of benzene rings is 9. The van der Waals surface area contributed by atoms with Crippen LogP contribution in [0.4, 0.5) is 0 Å². The molecule has 0 aromatic heterocycles. The fourth-order valence-electron chi connectivity index (χ4n) is 16.5. The summed E-state index contributed by atoms with van der Waals surface area (Å²) in [5.74, 6) is 4.42. The Hall–Kier alpha value is -6.28. The molecule has 512 valence electrons. The normalized spacial score (nSPS) is 19.4. The quantitative estimate of drug-likeness (QED) is 0.0503. The van der Waals surface area contributed by atoms with E-state index in [9.17, 15) is 0 Å². The van der Waals surface area contributed by atoms with E-state index in [1.54, 1.807) is 47.0 Å². The summed E-state index contributed by atoms with van der Waals surface area (Å²) in [4.78, 5) is 39.8. The molecule has 0 heterocycles. The summed E-state index contributed by atoms with van der Waals surface area (Å²) >= 11 is 6.31. The number of fused-ring (bicyclic) bond motifs is 2. The third-order valence-electron chi connectivity index (χ3n) is 22.7. The van der Waals surface area contributed by atoms with Gasteiger partial charge in [-0.05, 0) is 246 Å². The first-order valence-electron chi connectivity index (χ1n) is 38.2. The molecule has 0 amide bonds. The van der Waals surface area contributed by atoms with Gasteiger partial charge in [0.2, 0.25) is 0 Å². The summed E-state index contributed by atoms with van der Waals surface area (Å²) in [7, 11) is 0. The van der Waals surface area contributed by atoms with Crippen molar-refractivity contribution in [3.8, 4) is 33.4 Å². The van der Waals surface area contributed by atoms with Gasteiger partial charge in [-0.2, -0.15) is 0 Å². The molecule has 3 fully saturated rings. The van der Waals surface area contributed by atoms with Gasteiger partial charge in [-0.3, -0.25) is 9.59 Å². The van der Waals surface area contributed by atoms with Crippen molar-refractivity contribution in [3.63, 3.8) is 0 Å². The predicted molar refractivity (Wildman–Crippen MR) is 424 cm³/mol. The molecule has 2 nitrogen and oxygen atoms in total.